The molecule has 1 aromatic heterocycles. The average Bonchev–Trinajstić information content (AvgIpc) is 2.38. The summed E-state index contributed by atoms with van der Waals surface area (Å²) in [6.45, 7) is 1.93. The highest BCUT2D eigenvalue weighted by atomic mass is 79.9. The van der Waals surface area contributed by atoms with E-state index in [0.717, 1.165) is 10.0 Å². The van der Waals surface area contributed by atoms with Crippen LogP contribution in [0.1, 0.15) is 16.1 Å². The van der Waals surface area contributed by atoms with Gasteiger partial charge in [-0.25, -0.2) is 4.98 Å². The fourth-order valence-corrected chi connectivity index (χ4v) is 2.21. The van der Waals surface area contributed by atoms with Gasteiger partial charge in [0.15, 0.2) is 0 Å². The molecule has 0 aliphatic heterocycles. The minimum atomic E-state index is -0.404. The maximum Gasteiger partial charge on any atom is 0.275 e. The van der Waals surface area contributed by atoms with Gasteiger partial charge in [-0.2, -0.15) is 0 Å². The van der Waals surface area contributed by atoms with E-state index in [-0.39, 0.29) is 15.9 Å². The number of amides is 1. The van der Waals surface area contributed by atoms with E-state index >= 15 is 0 Å². The summed E-state index contributed by atoms with van der Waals surface area (Å²) in [7, 11) is 0. The molecule has 1 heterocycles. The molecule has 1 N–H and O–H groups in total. The van der Waals surface area contributed by atoms with Gasteiger partial charge in [0.25, 0.3) is 5.91 Å². The SMILES string of the molecule is Cc1cccc(NC(=O)c2nc(Cl)ccc2Cl)c1Br. The molecule has 0 fully saturated rings. The second-order valence-corrected chi connectivity index (χ2v) is 5.44. The van der Waals surface area contributed by atoms with Crippen molar-refractivity contribution in [3.05, 3.63) is 56.2 Å². The molecule has 0 bridgehead atoms. The lowest BCUT2D eigenvalue weighted by atomic mass is 10.2. The Kier molecular flexibility index (Phi) is 4.45. The lowest BCUT2D eigenvalue weighted by Gasteiger charge is -2.09. The first-order chi connectivity index (χ1) is 8.99. The zero-order chi connectivity index (χ0) is 14.0. The topological polar surface area (TPSA) is 42.0 Å². The summed E-state index contributed by atoms with van der Waals surface area (Å²) in [6, 6.07) is 8.64. The molecule has 2 aromatic rings. The van der Waals surface area contributed by atoms with Gasteiger partial charge in [-0.15, -0.1) is 0 Å². The minimum Gasteiger partial charge on any atom is -0.320 e. The van der Waals surface area contributed by atoms with Crippen molar-refractivity contribution in [3.8, 4) is 0 Å². The maximum absolute atomic E-state index is 12.1. The first kappa shape index (κ1) is 14.3. The van der Waals surface area contributed by atoms with Crippen molar-refractivity contribution in [2.24, 2.45) is 0 Å². The van der Waals surface area contributed by atoms with Gasteiger partial charge in [0, 0.05) is 4.47 Å². The van der Waals surface area contributed by atoms with E-state index in [1.165, 1.54) is 12.1 Å². The first-order valence-electron chi connectivity index (χ1n) is 5.37. The molecule has 6 heteroatoms. The number of halogens is 3. The number of rotatable bonds is 2. The highest BCUT2D eigenvalue weighted by Crippen LogP contribution is 2.27. The summed E-state index contributed by atoms with van der Waals surface area (Å²) in [5.74, 6) is -0.404. The van der Waals surface area contributed by atoms with Crippen molar-refractivity contribution in [2.45, 2.75) is 6.92 Å². The number of carbonyl (C=O) groups is 1. The highest BCUT2D eigenvalue weighted by Gasteiger charge is 2.14. The van der Waals surface area contributed by atoms with Crippen LogP contribution in [0.15, 0.2) is 34.8 Å². The second-order valence-electron chi connectivity index (χ2n) is 3.85. The Bertz CT molecular complexity index is 647. The quantitative estimate of drug-likeness (QED) is 0.789. The van der Waals surface area contributed by atoms with Crippen LogP contribution < -0.4 is 5.32 Å². The van der Waals surface area contributed by atoms with Gasteiger partial charge in [-0.3, -0.25) is 4.79 Å². The Morgan fingerprint density at radius 2 is 2.00 bits per heavy atom. The number of nitrogens with one attached hydrogen (secondary N) is 1. The van der Waals surface area contributed by atoms with E-state index in [1.807, 2.05) is 19.1 Å². The number of hydrogen-bond acceptors (Lipinski definition) is 2. The average molecular weight is 360 g/mol. The number of hydrogen-bond donors (Lipinski definition) is 1. The zero-order valence-electron chi connectivity index (χ0n) is 9.88. The molecule has 98 valence electrons. The molecule has 3 nitrogen and oxygen atoms in total. The smallest absolute Gasteiger partial charge is 0.275 e. The summed E-state index contributed by atoms with van der Waals surface area (Å²) in [5, 5.41) is 3.22. The van der Waals surface area contributed by atoms with Crippen molar-refractivity contribution in [2.75, 3.05) is 5.32 Å². The van der Waals surface area contributed by atoms with E-state index in [2.05, 4.69) is 26.2 Å². The molecule has 0 saturated carbocycles. The molecular formula is C13H9BrCl2N2O. The lowest BCUT2D eigenvalue weighted by molar-refractivity contribution is 0.102. The Hall–Kier alpha value is -1.10. The summed E-state index contributed by atoms with van der Waals surface area (Å²) in [5.41, 5.74) is 1.77. The van der Waals surface area contributed by atoms with Crippen molar-refractivity contribution in [3.63, 3.8) is 0 Å². The summed E-state index contributed by atoms with van der Waals surface area (Å²) in [4.78, 5) is 16.0. The number of benzene rings is 1. The molecule has 1 aromatic carbocycles. The molecule has 0 unspecified atom stereocenters. The Morgan fingerprint density at radius 1 is 1.26 bits per heavy atom. The zero-order valence-corrected chi connectivity index (χ0v) is 13.0. The minimum absolute atomic E-state index is 0.0996. The molecule has 0 aliphatic rings. The first-order valence-corrected chi connectivity index (χ1v) is 6.92. The van der Waals surface area contributed by atoms with Crippen LogP contribution in [-0.2, 0) is 0 Å². The van der Waals surface area contributed by atoms with Crippen molar-refractivity contribution >= 4 is 50.7 Å². The van der Waals surface area contributed by atoms with Gasteiger partial charge in [-0.05, 0) is 46.6 Å². The van der Waals surface area contributed by atoms with E-state index in [1.54, 1.807) is 6.07 Å². The van der Waals surface area contributed by atoms with Crippen LogP contribution >= 0.6 is 39.1 Å². The van der Waals surface area contributed by atoms with Crippen LogP contribution in [0.3, 0.4) is 0 Å². The third-order valence-corrected chi connectivity index (χ3v) is 4.04. The highest BCUT2D eigenvalue weighted by molar-refractivity contribution is 9.10. The van der Waals surface area contributed by atoms with Crippen molar-refractivity contribution in [1.29, 1.82) is 0 Å². The molecule has 0 saturated heterocycles. The maximum atomic E-state index is 12.1. The summed E-state index contributed by atoms with van der Waals surface area (Å²) in [6.07, 6.45) is 0. The number of aryl methyl sites for hydroxylation is 1. The number of anilines is 1. The van der Waals surface area contributed by atoms with Crippen LogP contribution in [0.25, 0.3) is 0 Å². The summed E-state index contributed by atoms with van der Waals surface area (Å²) >= 11 is 15.1. The van der Waals surface area contributed by atoms with E-state index in [0.29, 0.717) is 5.69 Å². The van der Waals surface area contributed by atoms with E-state index < -0.39 is 5.91 Å². The largest absolute Gasteiger partial charge is 0.320 e. The van der Waals surface area contributed by atoms with Crippen LogP contribution in [-0.4, -0.2) is 10.9 Å². The molecule has 2 rings (SSSR count). The molecule has 0 aliphatic carbocycles. The van der Waals surface area contributed by atoms with Crippen molar-refractivity contribution < 1.29 is 4.79 Å². The monoisotopic (exact) mass is 358 g/mol. The lowest BCUT2D eigenvalue weighted by Crippen LogP contribution is -2.15. The van der Waals surface area contributed by atoms with Crippen LogP contribution in [0.2, 0.25) is 10.2 Å². The molecule has 0 spiro atoms. The van der Waals surface area contributed by atoms with Gasteiger partial charge in [0.05, 0.1) is 10.7 Å². The van der Waals surface area contributed by atoms with Gasteiger partial charge < -0.3 is 5.32 Å². The Balaban J connectivity index is 2.31. The van der Waals surface area contributed by atoms with Gasteiger partial charge in [0.2, 0.25) is 0 Å². The molecule has 0 radical (unpaired) electrons. The van der Waals surface area contributed by atoms with Gasteiger partial charge in [0.1, 0.15) is 10.8 Å². The molecule has 1 amide bonds. The number of pyridine rings is 1. The van der Waals surface area contributed by atoms with Crippen LogP contribution in [0.5, 0.6) is 0 Å². The Labute approximate surface area is 129 Å². The fourth-order valence-electron chi connectivity index (χ4n) is 1.50. The molecule has 0 atom stereocenters. The fraction of sp³-hybridized carbons (Fsp3) is 0.0769. The summed E-state index contributed by atoms with van der Waals surface area (Å²) < 4.78 is 0.821. The number of aromatic nitrogens is 1. The van der Waals surface area contributed by atoms with Gasteiger partial charge in [-0.1, -0.05) is 35.3 Å². The van der Waals surface area contributed by atoms with Crippen molar-refractivity contribution in [1.82, 2.24) is 4.98 Å². The molecular weight excluding hydrogens is 351 g/mol. The van der Waals surface area contributed by atoms with E-state index in [9.17, 15) is 4.79 Å². The standard InChI is InChI=1S/C13H9BrCl2N2O/c1-7-3-2-4-9(11(7)14)17-13(19)12-8(15)5-6-10(16)18-12/h2-6H,1H3,(H,17,19). The van der Waals surface area contributed by atoms with Crippen LogP contribution in [0.4, 0.5) is 5.69 Å². The second kappa shape index (κ2) is 5.90. The predicted molar refractivity (Wildman–Crippen MR) is 81.1 cm³/mol. The Morgan fingerprint density at radius 3 is 2.74 bits per heavy atom. The third kappa shape index (κ3) is 3.26. The molecule has 19 heavy (non-hydrogen) atoms. The number of carbonyl (C=O) groups excluding carboxylic acids is 1. The normalized spacial score (nSPS) is 10.3. The van der Waals surface area contributed by atoms with Crippen LogP contribution in [0, 0.1) is 6.92 Å². The van der Waals surface area contributed by atoms with Gasteiger partial charge >= 0.3 is 0 Å². The number of nitrogens with zero attached hydrogens (tertiary/aromatic N) is 1. The van der Waals surface area contributed by atoms with E-state index in [4.69, 9.17) is 23.2 Å². The predicted octanol–water partition coefficient (Wildman–Crippen LogP) is 4.71. The third-order valence-electron chi connectivity index (χ3n) is 2.47.